The average Bonchev–Trinajstić information content (AvgIpc) is 3.08. The smallest absolute Gasteiger partial charge is 0.307 e. The van der Waals surface area contributed by atoms with Crippen molar-refractivity contribution in [2.75, 3.05) is 14.2 Å². The Kier molecular flexibility index (Phi) is 5.59. The van der Waals surface area contributed by atoms with Crippen LogP contribution in [0.5, 0.6) is 11.5 Å². The topological polar surface area (TPSA) is 73.9 Å². The highest BCUT2D eigenvalue weighted by molar-refractivity contribution is 5.87. The highest BCUT2D eigenvalue weighted by Crippen LogP contribution is 2.39. The van der Waals surface area contributed by atoms with Crippen molar-refractivity contribution in [2.45, 2.75) is 19.1 Å². The van der Waals surface area contributed by atoms with Gasteiger partial charge in [0.1, 0.15) is 11.9 Å². The average molecular weight is 373 g/mol. The van der Waals surface area contributed by atoms with Crippen molar-refractivity contribution in [1.82, 2.24) is 5.32 Å². The van der Waals surface area contributed by atoms with E-state index in [1.807, 2.05) is 0 Å². The number of methoxy groups -OCH3 is 2. The molecular formula is C20H20FNO5. The van der Waals surface area contributed by atoms with Gasteiger partial charge in [0.2, 0.25) is 5.91 Å². The summed E-state index contributed by atoms with van der Waals surface area (Å²) in [5.74, 6) is -0.697. The van der Waals surface area contributed by atoms with Crippen LogP contribution in [0.1, 0.15) is 23.7 Å². The number of carbonyl (C=O) groups is 2. The van der Waals surface area contributed by atoms with E-state index in [0.29, 0.717) is 17.1 Å². The Morgan fingerprint density at radius 1 is 1.15 bits per heavy atom. The van der Waals surface area contributed by atoms with Gasteiger partial charge in [-0.1, -0.05) is 18.2 Å². The van der Waals surface area contributed by atoms with Gasteiger partial charge in [-0.05, 0) is 35.4 Å². The van der Waals surface area contributed by atoms with Gasteiger partial charge in [-0.15, -0.1) is 0 Å². The lowest BCUT2D eigenvalue weighted by atomic mass is 9.94. The number of ether oxygens (including phenoxy) is 3. The molecule has 0 unspecified atom stereocenters. The Morgan fingerprint density at radius 2 is 1.85 bits per heavy atom. The molecule has 1 aliphatic heterocycles. The minimum Gasteiger partial charge on any atom is -0.493 e. The van der Waals surface area contributed by atoms with Crippen molar-refractivity contribution in [3.8, 4) is 11.5 Å². The third-order valence-electron chi connectivity index (χ3n) is 4.46. The quantitative estimate of drug-likeness (QED) is 0.788. The number of esters is 1. The van der Waals surface area contributed by atoms with Crippen molar-refractivity contribution in [1.29, 1.82) is 0 Å². The molecular weight excluding hydrogens is 353 g/mol. The van der Waals surface area contributed by atoms with Crippen LogP contribution in [0.25, 0.3) is 0 Å². The maximum atomic E-state index is 13.0. The van der Waals surface area contributed by atoms with Gasteiger partial charge < -0.3 is 19.5 Å². The van der Waals surface area contributed by atoms with Gasteiger partial charge in [0.15, 0.2) is 11.5 Å². The molecule has 1 saturated heterocycles. The monoisotopic (exact) mass is 373 g/mol. The van der Waals surface area contributed by atoms with Gasteiger partial charge in [-0.2, -0.15) is 0 Å². The third kappa shape index (κ3) is 4.19. The summed E-state index contributed by atoms with van der Waals surface area (Å²) in [6, 6.07) is 11.0. The number of carbonyl (C=O) groups excluding carboxylic acids is 2. The summed E-state index contributed by atoms with van der Waals surface area (Å²) in [4.78, 5) is 24.5. The van der Waals surface area contributed by atoms with Crippen molar-refractivity contribution < 1.29 is 28.2 Å². The molecule has 2 aromatic rings. The fourth-order valence-corrected chi connectivity index (χ4v) is 3.04. The first-order valence-electron chi connectivity index (χ1n) is 8.45. The Morgan fingerprint density at radius 3 is 2.52 bits per heavy atom. The molecule has 2 atom stereocenters. The molecule has 0 aromatic heterocycles. The summed E-state index contributed by atoms with van der Waals surface area (Å²) in [7, 11) is 3.04. The van der Waals surface area contributed by atoms with Crippen LogP contribution in [0.15, 0.2) is 42.5 Å². The second kappa shape index (κ2) is 8.07. The molecule has 0 spiro atoms. The lowest BCUT2D eigenvalue weighted by Crippen LogP contribution is -2.32. The summed E-state index contributed by atoms with van der Waals surface area (Å²) >= 11 is 0. The molecule has 0 bridgehead atoms. The van der Waals surface area contributed by atoms with Crippen molar-refractivity contribution in [3.63, 3.8) is 0 Å². The highest BCUT2D eigenvalue weighted by atomic mass is 19.1. The van der Waals surface area contributed by atoms with Crippen LogP contribution in [-0.2, 0) is 20.9 Å². The number of hydrogen-bond donors (Lipinski definition) is 1. The fraction of sp³-hybridized carbons (Fsp3) is 0.300. The molecule has 142 valence electrons. The molecule has 6 nitrogen and oxygen atoms in total. The van der Waals surface area contributed by atoms with Crippen molar-refractivity contribution in [3.05, 3.63) is 59.4 Å². The predicted octanol–water partition coefficient (Wildman–Crippen LogP) is 2.76. The number of benzene rings is 2. The standard InChI is InChI=1S/C20H20FNO5/c1-25-16-8-5-13(9-17(16)26-2)19-15(10-18(23)27-19)20(24)22-11-12-3-6-14(21)7-4-12/h3-9,15,19H,10-11H2,1-2H3,(H,22,24)/t15-,19+/m0/s1. The first-order chi connectivity index (χ1) is 13.0. The van der Waals surface area contributed by atoms with Gasteiger partial charge in [0.05, 0.1) is 26.6 Å². The van der Waals surface area contributed by atoms with E-state index >= 15 is 0 Å². The Labute approximate surface area is 156 Å². The second-order valence-corrected chi connectivity index (χ2v) is 6.18. The Bertz CT molecular complexity index is 837. The van der Waals surface area contributed by atoms with Crippen LogP contribution >= 0.6 is 0 Å². The van der Waals surface area contributed by atoms with Gasteiger partial charge in [0, 0.05) is 6.54 Å². The van der Waals surface area contributed by atoms with E-state index in [-0.39, 0.29) is 24.7 Å². The Balaban J connectivity index is 1.74. The molecule has 2 aromatic carbocycles. The van der Waals surface area contributed by atoms with E-state index in [2.05, 4.69) is 5.32 Å². The van der Waals surface area contributed by atoms with E-state index in [1.165, 1.54) is 26.4 Å². The van der Waals surface area contributed by atoms with Crippen LogP contribution in [0.3, 0.4) is 0 Å². The number of hydrogen-bond acceptors (Lipinski definition) is 5. The summed E-state index contributed by atoms with van der Waals surface area (Å²) < 4.78 is 28.8. The molecule has 0 saturated carbocycles. The maximum absolute atomic E-state index is 13.0. The third-order valence-corrected chi connectivity index (χ3v) is 4.46. The first kappa shape index (κ1) is 18.7. The van der Waals surface area contributed by atoms with Crippen molar-refractivity contribution >= 4 is 11.9 Å². The lowest BCUT2D eigenvalue weighted by molar-refractivity contribution is -0.141. The van der Waals surface area contributed by atoms with Crippen LogP contribution in [0, 0.1) is 11.7 Å². The van der Waals surface area contributed by atoms with Crippen LogP contribution < -0.4 is 14.8 Å². The number of cyclic esters (lactones) is 1. The van der Waals surface area contributed by atoms with Crippen molar-refractivity contribution in [2.24, 2.45) is 5.92 Å². The summed E-state index contributed by atoms with van der Waals surface area (Å²) in [5, 5.41) is 2.78. The SMILES string of the molecule is COc1ccc([C@H]2OC(=O)C[C@@H]2C(=O)NCc2ccc(F)cc2)cc1OC. The number of nitrogens with one attached hydrogen (secondary N) is 1. The zero-order valence-corrected chi connectivity index (χ0v) is 15.0. The van der Waals surface area contributed by atoms with E-state index in [1.54, 1.807) is 30.3 Å². The van der Waals surface area contributed by atoms with E-state index in [4.69, 9.17) is 14.2 Å². The van der Waals surface area contributed by atoms with E-state index in [9.17, 15) is 14.0 Å². The number of amides is 1. The minimum atomic E-state index is -0.703. The van der Waals surface area contributed by atoms with Crippen LogP contribution in [-0.4, -0.2) is 26.1 Å². The normalized spacial score (nSPS) is 18.7. The molecule has 0 radical (unpaired) electrons. The van der Waals surface area contributed by atoms with E-state index < -0.39 is 18.0 Å². The molecule has 1 N–H and O–H groups in total. The largest absolute Gasteiger partial charge is 0.493 e. The van der Waals surface area contributed by atoms with Gasteiger partial charge in [-0.25, -0.2) is 4.39 Å². The summed E-state index contributed by atoms with van der Waals surface area (Å²) in [5.41, 5.74) is 1.41. The highest BCUT2D eigenvalue weighted by Gasteiger charge is 2.41. The molecule has 1 aliphatic rings. The summed E-state index contributed by atoms with van der Waals surface area (Å²) in [6.07, 6.45) is -0.709. The number of rotatable bonds is 6. The predicted molar refractivity (Wildman–Crippen MR) is 94.7 cm³/mol. The molecule has 1 fully saturated rings. The zero-order valence-electron chi connectivity index (χ0n) is 15.0. The maximum Gasteiger partial charge on any atom is 0.307 e. The first-order valence-corrected chi connectivity index (χ1v) is 8.45. The molecule has 27 heavy (non-hydrogen) atoms. The molecule has 3 rings (SSSR count). The van der Waals surface area contributed by atoms with Crippen LogP contribution in [0.4, 0.5) is 4.39 Å². The Hall–Kier alpha value is -3.09. The molecule has 0 aliphatic carbocycles. The lowest BCUT2D eigenvalue weighted by Gasteiger charge is -2.19. The minimum absolute atomic E-state index is 0.00569. The molecule has 7 heteroatoms. The van der Waals surface area contributed by atoms with Gasteiger partial charge in [-0.3, -0.25) is 9.59 Å². The zero-order chi connectivity index (χ0) is 19.4. The fourth-order valence-electron chi connectivity index (χ4n) is 3.04. The molecule has 1 heterocycles. The van der Waals surface area contributed by atoms with Gasteiger partial charge in [0.25, 0.3) is 0 Å². The second-order valence-electron chi connectivity index (χ2n) is 6.18. The summed E-state index contributed by atoms with van der Waals surface area (Å²) in [6.45, 7) is 0.239. The van der Waals surface area contributed by atoms with E-state index in [0.717, 1.165) is 5.56 Å². The van der Waals surface area contributed by atoms with Gasteiger partial charge >= 0.3 is 5.97 Å². The molecule has 1 amide bonds. The number of halogens is 1. The van der Waals surface area contributed by atoms with Crippen LogP contribution in [0.2, 0.25) is 0 Å².